The Labute approximate surface area is 480 Å². The molecule has 4 aromatic carbocycles. The molecule has 4 saturated heterocycles. The third-order valence-electron chi connectivity index (χ3n) is 17.6. The van der Waals surface area contributed by atoms with E-state index >= 15 is 0 Å². The Bertz CT molecular complexity index is 3240. The van der Waals surface area contributed by atoms with Crippen LogP contribution in [0.15, 0.2) is 97.6 Å². The molecule has 12 rings (SSSR count). The summed E-state index contributed by atoms with van der Waals surface area (Å²) in [6.45, 7) is 36.1. The lowest BCUT2D eigenvalue weighted by molar-refractivity contribution is -0.128. The summed E-state index contributed by atoms with van der Waals surface area (Å²) in [7, 11) is 0. The number of likely N-dealkylation sites (N-methyl/N-ethyl adjacent to an activating group) is 2. The number of likely N-dealkylation sites (tertiary alicyclic amines) is 2. The van der Waals surface area contributed by atoms with E-state index in [1.165, 1.54) is 63.8 Å². The fourth-order valence-electron chi connectivity index (χ4n) is 13.4. The fourth-order valence-corrected chi connectivity index (χ4v) is 13.4. The van der Waals surface area contributed by atoms with Gasteiger partial charge in [-0.15, -0.1) is 0 Å². The molecule has 0 bridgehead atoms. The molecule has 6 aliphatic rings. The number of amides is 1. The minimum Gasteiger partial charge on any atom is -0.462 e. The van der Waals surface area contributed by atoms with Gasteiger partial charge in [0.15, 0.2) is 0 Å². The standard InChI is InChI=1S/C33H39N7O2.C31H38N6O.CH4/c1-4-31(41)40-19-18-39(21-26(40)20-34-3)32-28-15-17-38(30-14-8-11-24-10-6-7-13-27(24)30)22-29(28)35-33(36-32)42-23-25-12-9-16-37(25)5-2;1-3-35-16-8-12-25(35)22-38-31-33-28-21-36(29-14-6-11-24-10-4-5-13-26(24)29)18-15-27(28)30(34-31)37-17-7-9-23(20-37)19-32-2;/h4,6-8,10-11,13-14,25-26H,1,5,9,12,15-23H2,2H3;4-6,10-11,13-14,23,25H,3,7-9,12,15-22H2,1H3;1H4/t25-,26-;23-,25-;/m00./s1. The second-order valence-electron chi connectivity index (χ2n) is 22.3. The Balaban J connectivity index is 0.000000180. The first kappa shape index (κ1) is 56.7. The number of ether oxygens (including phenoxy) is 2. The van der Waals surface area contributed by atoms with Crippen molar-refractivity contribution < 1.29 is 14.3 Å². The van der Waals surface area contributed by atoms with E-state index in [2.05, 4.69) is 144 Å². The zero-order valence-corrected chi connectivity index (χ0v) is 46.9. The normalized spacial score (nSPS) is 21.1. The number of piperazine rings is 1. The molecular formula is C65H81N13O3. The Hall–Kier alpha value is -7.53. The lowest BCUT2D eigenvalue weighted by atomic mass is 9.96. The van der Waals surface area contributed by atoms with Gasteiger partial charge in [-0.05, 0) is 107 Å². The molecule has 0 unspecified atom stereocenters. The number of carbonyl (C=O) groups excluding carboxylic acids is 1. The van der Waals surface area contributed by atoms with Crippen molar-refractivity contribution in [1.29, 1.82) is 0 Å². The Kier molecular flexibility index (Phi) is 18.5. The van der Waals surface area contributed by atoms with Crippen molar-refractivity contribution in [3.05, 3.63) is 143 Å². The summed E-state index contributed by atoms with van der Waals surface area (Å²) in [6, 6.07) is 31.7. The van der Waals surface area contributed by atoms with E-state index in [0.717, 1.165) is 120 Å². The molecule has 4 fully saturated rings. The molecule has 81 heavy (non-hydrogen) atoms. The lowest BCUT2D eigenvalue weighted by Crippen LogP contribution is -2.56. The minimum atomic E-state index is -0.218. The van der Waals surface area contributed by atoms with E-state index in [9.17, 15) is 4.79 Å². The highest BCUT2D eigenvalue weighted by Gasteiger charge is 2.36. The number of hydrogen-bond acceptors (Lipinski definition) is 13. The van der Waals surface area contributed by atoms with Gasteiger partial charge in [0.1, 0.15) is 30.9 Å². The quantitative estimate of drug-likeness (QED) is 0.0718. The van der Waals surface area contributed by atoms with Crippen LogP contribution in [0.4, 0.5) is 23.0 Å². The van der Waals surface area contributed by atoms with Gasteiger partial charge in [0.05, 0.1) is 24.5 Å². The third kappa shape index (κ3) is 12.5. The Morgan fingerprint density at radius 3 is 1.62 bits per heavy atom. The summed E-state index contributed by atoms with van der Waals surface area (Å²) in [5.41, 5.74) is 6.93. The third-order valence-corrected chi connectivity index (χ3v) is 17.6. The molecule has 424 valence electrons. The van der Waals surface area contributed by atoms with Gasteiger partial charge >= 0.3 is 12.0 Å². The molecule has 16 nitrogen and oxygen atoms in total. The van der Waals surface area contributed by atoms with Crippen LogP contribution < -0.4 is 29.1 Å². The number of rotatable bonds is 15. The van der Waals surface area contributed by atoms with Gasteiger partial charge in [-0.25, -0.2) is 13.1 Å². The van der Waals surface area contributed by atoms with Crippen molar-refractivity contribution in [2.45, 2.75) is 104 Å². The summed E-state index contributed by atoms with van der Waals surface area (Å²) >= 11 is 0. The highest BCUT2D eigenvalue weighted by Crippen LogP contribution is 2.38. The van der Waals surface area contributed by atoms with Crippen LogP contribution in [0.1, 0.15) is 82.3 Å². The van der Waals surface area contributed by atoms with Crippen LogP contribution in [-0.2, 0) is 30.7 Å². The van der Waals surface area contributed by atoms with Crippen LogP contribution in [0.2, 0.25) is 0 Å². The number of benzene rings is 4. The molecule has 0 spiro atoms. The Morgan fingerprint density at radius 2 is 1.10 bits per heavy atom. The molecule has 8 heterocycles. The largest absolute Gasteiger partial charge is 0.462 e. The number of piperidine rings is 1. The molecule has 6 aliphatic heterocycles. The maximum atomic E-state index is 12.5. The van der Waals surface area contributed by atoms with Gasteiger partial charge in [-0.2, -0.15) is 19.9 Å². The molecule has 0 aliphatic carbocycles. The van der Waals surface area contributed by atoms with E-state index in [-0.39, 0.29) is 25.9 Å². The first-order valence-electron chi connectivity index (χ1n) is 29.4. The minimum absolute atomic E-state index is 0. The van der Waals surface area contributed by atoms with E-state index in [1.54, 1.807) is 4.90 Å². The Morgan fingerprint density at radius 1 is 0.593 bits per heavy atom. The van der Waals surface area contributed by atoms with Crippen LogP contribution in [0.25, 0.3) is 31.2 Å². The average Bonchev–Trinajstić information content (AvgIpc) is 4.26. The molecule has 6 aromatic rings. The number of anilines is 4. The van der Waals surface area contributed by atoms with Crippen LogP contribution in [0.3, 0.4) is 0 Å². The molecular weight excluding hydrogens is 1010 g/mol. The van der Waals surface area contributed by atoms with Gasteiger partial charge in [-0.1, -0.05) is 101 Å². The smallest absolute Gasteiger partial charge is 0.318 e. The highest BCUT2D eigenvalue weighted by molar-refractivity contribution is 5.95. The van der Waals surface area contributed by atoms with Gasteiger partial charge < -0.3 is 43.7 Å². The molecule has 0 N–H and O–H groups in total. The van der Waals surface area contributed by atoms with Gasteiger partial charge in [0.25, 0.3) is 0 Å². The van der Waals surface area contributed by atoms with E-state index in [1.807, 2.05) is 0 Å². The monoisotopic (exact) mass is 1090 g/mol. The predicted octanol–water partition coefficient (Wildman–Crippen LogP) is 10.0. The number of aromatic nitrogens is 4. The zero-order chi connectivity index (χ0) is 55.0. The molecule has 1 amide bonds. The van der Waals surface area contributed by atoms with Crippen molar-refractivity contribution in [2.75, 3.05) is 118 Å². The van der Waals surface area contributed by atoms with Crippen molar-refractivity contribution >= 4 is 50.5 Å². The fraction of sp³-hybridized carbons (Fsp3) is 0.492. The van der Waals surface area contributed by atoms with Gasteiger partial charge in [0.2, 0.25) is 19.0 Å². The number of fused-ring (bicyclic) bond motifs is 4. The summed E-state index contributed by atoms with van der Waals surface area (Å²) in [4.78, 5) is 56.2. The van der Waals surface area contributed by atoms with Crippen molar-refractivity contribution in [2.24, 2.45) is 5.92 Å². The van der Waals surface area contributed by atoms with E-state index in [4.69, 9.17) is 42.6 Å². The first-order valence-corrected chi connectivity index (χ1v) is 29.4. The molecule has 16 heteroatoms. The summed E-state index contributed by atoms with van der Waals surface area (Å²) < 4.78 is 12.7. The molecule has 0 radical (unpaired) electrons. The van der Waals surface area contributed by atoms with Crippen LogP contribution in [0.5, 0.6) is 12.0 Å². The number of nitrogens with zero attached hydrogens (tertiary/aromatic N) is 13. The topological polar surface area (TPSA) is 118 Å². The van der Waals surface area contributed by atoms with Crippen molar-refractivity contribution in [3.8, 4) is 12.0 Å². The van der Waals surface area contributed by atoms with Gasteiger partial charge in [-0.3, -0.25) is 14.6 Å². The first-order chi connectivity index (χ1) is 39.3. The summed E-state index contributed by atoms with van der Waals surface area (Å²) in [6.07, 6.45) is 10.00. The van der Waals surface area contributed by atoms with E-state index < -0.39 is 0 Å². The molecule has 4 atom stereocenters. The van der Waals surface area contributed by atoms with Crippen molar-refractivity contribution in [1.82, 2.24) is 34.6 Å². The number of carbonyl (C=O) groups is 1. The van der Waals surface area contributed by atoms with E-state index in [0.29, 0.717) is 76.0 Å². The van der Waals surface area contributed by atoms with Gasteiger partial charge in [0, 0.05) is 97.1 Å². The maximum absolute atomic E-state index is 12.5. The van der Waals surface area contributed by atoms with Crippen LogP contribution in [0, 0.1) is 19.1 Å². The van der Waals surface area contributed by atoms with Crippen LogP contribution >= 0.6 is 0 Å². The molecule has 2 aromatic heterocycles. The maximum Gasteiger partial charge on any atom is 0.318 e. The predicted molar refractivity (Wildman–Crippen MR) is 326 cm³/mol. The summed E-state index contributed by atoms with van der Waals surface area (Å²) in [5, 5.41) is 5.01. The SMILES string of the molecule is C.[C-]#[N+]C[C@@H]1CCCN(c2nc(OC[C@@H]3CCCN3CC)nc3c2CCN(c2cccc4ccccc24)C3)C1.[C-]#[N+]C[C@H]1CN(c2nc(OC[C@@H]3CCCN3CC)nc3c2CCN(c2cccc4ccccc24)C3)CCN1C(=O)C=C. The zero-order valence-electron chi connectivity index (χ0n) is 46.9. The highest BCUT2D eigenvalue weighted by atomic mass is 16.5. The van der Waals surface area contributed by atoms with Crippen molar-refractivity contribution in [3.63, 3.8) is 0 Å². The van der Waals surface area contributed by atoms with Crippen LogP contribution in [-0.4, -0.2) is 157 Å². The lowest BCUT2D eigenvalue weighted by Gasteiger charge is -2.41. The number of hydrogen-bond donors (Lipinski definition) is 0. The summed E-state index contributed by atoms with van der Waals surface area (Å²) in [5.74, 6) is 2.20. The molecule has 0 saturated carbocycles. The second kappa shape index (κ2) is 26.4. The average molecular weight is 1090 g/mol. The second-order valence-corrected chi connectivity index (χ2v) is 22.3.